The summed E-state index contributed by atoms with van der Waals surface area (Å²) in [6.45, 7) is 5.57. The molecule has 2 amide bonds. The van der Waals surface area contributed by atoms with E-state index in [0.717, 1.165) is 56.5 Å². The topological polar surface area (TPSA) is 84.7 Å². The van der Waals surface area contributed by atoms with Crippen LogP contribution in [0.3, 0.4) is 0 Å². The van der Waals surface area contributed by atoms with E-state index in [9.17, 15) is 9.59 Å². The van der Waals surface area contributed by atoms with Gasteiger partial charge in [-0.05, 0) is 58.3 Å². The number of aromatic nitrogens is 1. The SMILES string of the molecule is CCOC(=O)C1CCC(CNC(=O)N2CCCC2c2cc(C)no2)CC1. The van der Waals surface area contributed by atoms with E-state index in [-0.39, 0.29) is 24.0 Å². The van der Waals surface area contributed by atoms with Gasteiger partial charge < -0.3 is 19.5 Å². The first-order valence-electron chi connectivity index (χ1n) is 9.72. The van der Waals surface area contributed by atoms with Crippen molar-refractivity contribution in [2.45, 2.75) is 58.4 Å². The van der Waals surface area contributed by atoms with Crippen molar-refractivity contribution in [1.82, 2.24) is 15.4 Å². The standard InChI is InChI=1S/C19H29N3O4/c1-3-25-18(23)15-8-6-14(7-9-15)12-20-19(24)22-10-4-5-16(22)17-11-13(2)21-26-17/h11,14-16H,3-10,12H2,1-2H3,(H,20,24). The first kappa shape index (κ1) is 18.7. The minimum absolute atomic E-state index is 0.0178. The van der Waals surface area contributed by atoms with Crippen molar-refractivity contribution < 1.29 is 18.8 Å². The summed E-state index contributed by atoms with van der Waals surface area (Å²) in [5.41, 5.74) is 0.839. The van der Waals surface area contributed by atoms with Crippen LogP contribution < -0.4 is 5.32 Å². The molecule has 3 rings (SSSR count). The number of ether oxygens (including phenoxy) is 1. The van der Waals surface area contributed by atoms with Crippen molar-refractivity contribution in [3.8, 4) is 0 Å². The first-order valence-corrected chi connectivity index (χ1v) is 9.72. The van der Waals surface area contributed by atoms with Gasteiger partial charge in [-0.15, -0.1) is 0 Å². The smallest absolute Gasteiger partial charge is 0.318 e. The average Bonchev–Trinajstić information content (AvgIpc) is 3.29. The lowest BCUT2D eigenvalue weighted by molar-refractivity contribution is -0.149. The van der Waals surface area contributed by atoms with Crippen LogP contribution in [-0.4, -0.2) is 41.8 Å². The van der Waals surface area contributed by atoms with Crippen LogP contribution in [0, 0.1) is 18.8 Å². The minimum atomic E-state index is -0.0720. The zero-order chi connectivity index (χ0) is 18.5. The van der Waals surface area contributed by atoms with E-state index in [4.69, 9.17) is 9.26 Å². The molecule has 7 nitrogen and oxygen atoms in total. The molecule has 0 aromatic carbocycles. The molecule has 1 N–H and O–H groups in total. The zero-order valence-corrected chi connectivity index (χ0v) is 15.7. The van der Waals surface area contributed by atoms with Gasteiger partial charge in [0.25, 0.3) is 0 Å². The quantitative estimate of drug-likeness (QED) is 0.812. The second-order valence-corrected chi connectivity index (χ2v) is 7.38. The van der Waals surface area contributed by atoms with Crippen LogP contribution in [-0.2, 0) is 9.53 Å². The summed E-state index contributed by atoms with van der Waals surface area (Å²) >= 11 is 0. The maximum atomic E-state index is 12.6. The summed E-state index contributed by atoms with van der Waals surface area (Å²) in [7, 11) is 0. The van der Waals surface area contributed by atoms with E-state index in [1.54, 1.807) is 0 Å². The number of carbonyl (C=O) groups excluding carboxylic acids is 2. The Bertz CT molecular complexity index is 622. The Balaban J connectivity index is 1.45. The molecule has 1 unspecified atom stereocenters. The van der Waals surface area contributed by atoms with Crippen LogP contribution >= 0.6 is 0 Å². The fraction of sp³-hybridized carbons (Fsp3) is 0.737. The van der Waals surface area contributed by atoms with Crippen molar-refractivity contribution in [3.05, 3.63) is 17.5 Å². The number of amides is 2. The lowest BCUT2D eigenvalue weighted by Gasteiger charge is -2.29. The maximum absolute atomic E-state index is 12.6. The summed E-state index contributed by atoms with van der Waals surface area (Å²) < 4.78 is 10.5. The van der Waals surface area contributed by atoms with Crippen LogP contribution in [0.2, 0.25) is 0 Å². The number of carbonyl (C=O) groups is 2. The molecule has 7 heteroatoms. The molecule has 144 valence electrons. The van der Waals surface area contributed by atoms with Gasteiger partial charge in [0.05, 0.1) is 24.3 Å². The Morgan fingerprint density at radius 3 is 2.73 bits per heavy atom. The van der Waals surface area contributed by atoms with Gasteiger partial charge in [0.1, 0.15) is 0 Å². The molecule has 1 aromatic heterocycles. The van der Waals surface area contributed by atoms with E-state index < -0.39 is 0 Å². The number of likely N-dealkylation sites (tertiary alicyclic amines) is 1. The second kappa shape index (κ2) is 8.56. The van der Waals surface area contributed by atoms with Crippen molar-refractivity contribution in [1.29, 1.82) is 0 Å². The maximum Gasteiger partial charge on any atom is 0.318 e. The molecule has 0 spiro atoms. The van der Waals surface area contributed by atoms with Gasteiger partial charge in [0.2, 0.25) is 0 Å². The highest BCUT2D eigenvalue weighted by atomic mass is 16.5. The Morgan fingerprint density at radius 1 is 1.31 bits per heavy atom. The molecule has 1 aliphatic heterocycles. The van der Waals surface area contributed by atoms with Crippen molar-refractivity contribution in [2.24, 2.45) is 11.8 Å². The molecular formula is C19H29N3O4. The highest BCUT2D eigenvalue weighted by Gasteiger charge is 2.33. The molecule has 1 atom stereocenters. The minimum Gasteiger partial charge on any atom is -0.466 e. The predicted octanol–water partition coefficient (Wildman–Crippen LogP) is 3.20. The van der Waals surface area contributed by atoms with Gasteiger partial charge in [-0.25, -0.2) is 4.79 Å². The van der Waals surface area contributed by atoms with Crippen molar-refractivity contribution in [2.75, 3.05) is 19.7 Å². The first-order chi connectivity index (χ1) is 12.6. The van der Waals surface area contributed by atoms with Gasteiger partial charge in [0, 0.05) is 19.2 Å². The summed E-state index contributed by atoms with van der Waals surface area (Å²) in [5, 5.41) is 7.02. The lowest BCUT2D eigenvalue weighted by Crippen LogP contribution is -2.42. The normalized spacial score (nSPS) is 25.9. The fourth-order valence-corrected chi connectivity index (χ4v) is 4.04. The summed E-state index contributed by atoms with van der Waals surface area (Å²) in [6, 6.07) is 1.86. The molecule has 1 saturated carbocycles. The second-order valence-electron chi connectivity index (χ2n) is 7.38. The van der Waals surface area contributed by atoms with E-state index >= 15 is 0 Å². The van der Waals surface area contributed by atoms with Gasteiger partial charge in [-0.3, -0.25) is 4.79 Å². The third-order valence-corrected chi connectivity index (χ3v) is 5.50. The van der Waals surface area contributed by atoms with Crippen molar-refractivity contribution >= 4 is 12.0 Å². The Morgan fingerprint density at radius 2 is 2.08 bits per heavy atom. The fourth-order valence-electron chi connectivity index (χ4n) is 4.04. The van der Waals surface area contributed by atoms with Gasteiger partial charge >= 0.3 is 12.0 Å². The summed E-state index contributed by atoms with van der Waals surface area (Å²) in [6.07, 6.45) is 5.49. The predicted molar refractivity (Wildman–Crippen MR) is 95.4 cm³/mol. The van der Waals surface area contributed by atoms with Crippen LogP contribution in [0.1, 0.15) is 62.9 Å². The molecule has 0 bridgehead atoms. The zero-order valence-electron chi connectivity index (χ0n) is 15.7. The number of nitrogens with zero attached hydrogens (tertiary/aromatic N) is 2. The molecule has 0 radical (unpaired) electrons. The van der Waals surface area contributed by atoms with E-state index in [0.29, 0.717) is 19.1 Å². The number of urea groups is 1. The number of esters is 1. The lowest BCUT2D eigenvalue weighted by atomic mass is 9.82. The van der Waals surface area contributed by atoms with Gasteiger partial charge in [-0.2, -0.15) is 0 Å². The average molecular weight is 363 g/mol. The van der Waals surface area contributed by atoms with Crippen LogP contribution in [0.15, 0.2) is 10.6 Å². The number of hydrogen-bond donors (Lipinski definition) is 1. The molecule has 1 aliphatic carbocycles. The van der Waals surface area contributed by atoms with Crippen LogP contribution in [0.4, 0.5) is 4.79 Å². The molecule has 2 fully saturated rings. The highest BCUT2D eigenvalue weighted by molar-refractivity contribution is 5.75. The number of aryl methyl sites for hydroxylation is 1. The molecular weight excluding hydrogens is 334 g/mol. The number of nitrogens with one attached hydrogen (secondary N) is 1. The largest absolute Gasteiger partial charge is 0.466 e. The van der Waals surface area contributed by atoms with Crippen LogP contribution in [0.25, 0.3) is 0 Å². The summed E-state index contributed by atoms with van der Waals surface area (Å²) in [5.74, 6) is 1.15. The monoisotopic (exact) mass is 363 g/mol. The number of rotatable bonds is 5. The van der Waals surface area contributed by atoms with Gasteiger partial charge in [0.15, 0.2) is 5.76 Å². The highest BCUT2D eigenvalue weighted by Crippen LogP contribution is 2.33. The molecule has 26 heavy (non-hydrogen) atoms. The van der Waals surface area contributed by atoms with E-state index in [2.05, 4.69) is 10.5 Å². The number of hydrogen-bond acceptors (Lipinski definition) is 5. The van der Waals surface area contributed by atoms with E-state index in [1.165, 1.54) is 0 Å². The summed E-state index contributed by atoms with van der Waals surface area (Å²) in [4.78, 5) is 26.3. The molecule has 1 aromatic rings. The Labute approximate surface area is 154 Å². The third kappa shape index (κ3) is 4.37. The van der Waals surface area contributed by atoms with Crippen molar-refractivity contribution in [3.63, 3.8) is 0 Å². The Kier molecular flexibility index (Phi) is 6.16. The third-order valence-electron chi connectivity index (χ3n) is 5.50. The molecule has 2 aliphatic rings. The Hall–Kier alpha value is -2.05. The van der Waals surface area contributed by atoms with Gasteiger partial charge in [-0.1, -0.05) is 5.16 Å². The molecule has 1 saturated heterocycles. The molecule has 2 heterocycles. The van der Waals surface area contributed by atoms with Crippen LogP contribution in [0.5, 0.6) is 0 Å². The van der Waals surface area contributed by atoms with E-state index in [1.807, 2.05) is 24.8 Å².